The highest BCUT2D eigenvalue weighted by Crippen LogP contribution is 2.28. The molecule has 0 unspecified atom stereocenters. The van der Waals surface area contributed by atoms with Crippen molar-refractivity contribution in [3.8, 4) is 0 Å². The number of halogens is 2. The van der Waals surface area contributed by atoms with E-state index >= 15 is 0 Å². The Kier molecular flexibility index (Phi) is 5.41. The Morgan fingerprint density at radius 1 is 1.09 bits per heavy atom. The second-order valence-electron chi connectivity index (χ2n) is 4.78. The highest BCUT2D eigenvalue weighted by Gasteiger charge is 2.22. The third-order valence-electron chi connectivity index (χ3n) is 3.17. The van der Waals surface area contributed by atoms with Gasteiger partial charge >= 0.3 is 0 Å². The molecule has 0 saturated carbocycles. The molecule has 114 valence electrons. The van der Waals surface area contributed by atoms with Crippen molar-refractivity contribution in [1.82, 2.24) is 0 Å². The van der Waals surface area contributed by atoms with Crippen molar-refractivity contribution in [2.24, 2.45) is 16.5 Å². The molecule has 2 rings (SSSR count). The summed E-state index contributed by atoms with van der Waals surface area (Å²) in [6.45, 7) is 0. The smallest absolute Gasteiger partial charge is 0.256 e. The second kappa shape index (κ2) is 7.29. The fraction of sp³-hybridized carbons (Fsp3) is 0.125. The van der Waals surface area contributed by atoms with Gasteiger partial charge in [0.1, 0.15) is 0 Å². The molecule has 0 heterocycles. The lowest BCUT2D eigenvalue weighted by Crippen LogP contribution is -2.26. The monoisotopic (exact) mass is 335 g/mol. The first-order valence-corrected chi connectivity index (χ1v) is 7.35. The van der Waals surface area contributed by atoms with Gasteiger partial charge in [0.05, 0.1) is 5.92 Å². The number of guanidine groups is 1. The maximum atomic E-state index is 12.3. The molecule has 0 fully saturated rings. The summed E-state index contributed by atoms with van der Waals surface area (Å²) in [6, 6.07) is 14.4. The number of carbonyl (C=O) groups is 1. The lowest BCUT2D eigenvalue weighted by atomic mass is 9.91. The highest BCUT2D eigenvalue weighted by molar-refractivity contribution is 6.31. The molecule has 0 bridgehead atoms. The molecule has 2 aromatic carbocycles. The van der Waals surface area contributed by atoms with Gasteiger partial charge in [0.2, 0.25) is 0 Å². The van der Waals surface area contributed by atoms with E-state index in [9.17, 15) is 4.79 Å². The molecular weight excluding hydrogens is 321 g/mol. The lowest BCUT2D eigenvalue weighted by molar-refractivity contribution is -0.119. The van der Waals surface area contributed by atoms with Gasteiger partial charge in [-0.05, 0) is 35.7 Å². The molecule has 0 aliphatic heterocycles. The van der Waals surface area contributed by atoms with Crippen LogP contribution in [0.4, 0.5) is 0 Å². The summed E-state index contributed by atoms with van der Waals surface area (Å²) in [7, 11) is 0. The van der Waals surface area contributed by atoms with Crippen LogP contribution in [0.3, 0.4) is 0 Å². The molecule has 4 nitrogen and oxygen atoms in total. The zero-order chi connectivity index (χ0) is 16.1. The average Bonchev–Trinajstić information content (AvgIpc) is 2.45. The van der Waals surface area contributed by atoms with Crippen LogP contribution < -0.4 is 11.5 Å². The minimum absolute atomic E-state index is 0.267. The quantitative estimate of drug-likeness (QED) is 0.665. The van der Waals surface area contributed by atoms with Crippen LogP contribution in [0.25, 0.3) is 0 Å². The van der Waals surface area contributed by atoms with Crippen LogP contribution in [-0.2, 0) is 11.2 Å². The first-order valence-electron chi connectivity index (χ1n) is 6.59. The number of nitrogens with zero attached hydrogens (tertiary/aromatic N) is 1. The van der Waals surface area contributed by atoms with Crippen LogP contribution >= 0.6 is 23.2 Å². The van der Waals surface area contributed by atoms with E-state index in [1.54, 1.807) is 24.3 Å². The zero-order valence-electron chi connectivity index (χ0n) is 11.7. The van der Waals surface area contributed by atoms with E-state index in [4.69, 9.17) is 34.7 Å². The van der Waals surface area contributed by atoms with Gasteiger partial charge in [0.25, 0.3) is 5.91 Å². The van der Waals surface area contributed by atoms with Crippen LogP contribution in [0.1, 0.15) is 17.0 Å². The van der Waals surface area contributed by atoms with Crippen LogP contribution in [0.5, 0.6) is 0 Å². The molecule has 0 saturated heterocycles. The summed E-state index contributed by atoms with van der Waals surface area (Å²) in [5.41, 5.74) is 12.2. The summed E-state index contributed by atoms with van der Waals surface area (Å²) in [4.78, 5) is 16.0. The number of rotatable bonds is 4. The van der Waals surface area contributed by atoms with Gasteiger partial charge in [-0.25, -0.2) is 0 Å². The maximum absolute atomic E-state index is 12.3. The van der Waals surface area contributed by atoms with Crippen molar-refractivity contribution in [3.05, 3.63) is 69.7 Å². The molecule has 0 aliphatic rings. The Bertz CT molecular complexity index is 712. The van der Waals surface area contributed by atoms with Crippen molar-refractivity contribution in [2.75, 3.05) is 0 Å². The summed E-state index contributed by atoms with van der Waals surface area (Å²) in [6.07, 6.45) is 0.385. The molecule has 6 heteroatoms. The standard InChI is InChI=1S/C16H15Cl2N3O/c17-12-6-3-5-10(8-12)13(15(22)21-16(19)20)9-11-4-1-2-7-14(11)18/h1-8,13H,9H2,(H4,19,20,21,22)/t13-/m0/s1. The topological polar surface area (TPSA) is 81.5 Å². The summed E-state index contributed by atoms with van der Waals surface area (Å²) >= 11 is 12.2. The summed E-state index contributed by atoms with van der Waals surface area (Å²) in [5.74, 6) is -1.25. The molecule has 22 heavy (non-hydrogen) atoms. The Hall–Kier alpha value is -2.04. The number of benzene rings is 2. The van der Waals surface area contributed by atoms with E-state index in [0.29, 0.717) is 16.5 Å². The predicted octanol–water partition coefficient (Wildman–Crippen LogP) is 3.12. The van der Waals surface area contributed by atoms with Crippen LogP contribution in [-0.4, -0.2) is 11.9 Å². The molecule has 0 radical (unpaired) electrons. The molecule has 2 aromatic rings. The Labute approximate surface area is 138 Å². The van der Waals surface area contributed by atoms with Crippen molar-refractivity contribution in [3.63, 3.8) is 0 Å². The summed E-state index contributed by atoms with van der Waals surface area (Å²) < 4.78 is 0. The third-order valence-corrected chi connectivity index (χ3v) is 3.77. The molecule has 0 aromatic heterocycles. The van der Waals surface area contributed by atoms with Gasteiger partial charge in [-0.1, -0.05) is 53.5 Å². The molecule has 4 N–H and O–H groups in total. The van der Waals surface area contributed by atoms with Crippen molar-refractivity contribution < 1.29 is 4.79 Å². The minimum Gasteiger partial charge on any atom is -0.370 e. The fourth-order valence-corrected chi connectivity index (χ4v) is 2.57. The third kappa shape index (κ3) is 4.23. The van der Waals surface area contributed by atoms with Crippen molar-refractivity contribution in [2.45, 2.75) is 12.3 Å². The largest absolute Gasteiger partial charge is 0.370 e. The first-order chi connectivity index (χ1) is 10.5. The van der Waals surface area contributed by atoms with E-state index in [0.717, 1.165) is 11.1 Å². The Morgan fingerprint density at radius 3 is 2.45 bits per heavy atom. The Balaban J connectivity index is 2.40. The van der Waals surface area contributed by atoms with E-state index in [1.165, 1.54) is 0 Å². The highest BCUT2D eigenvalue weighted by atomic mass is 35.5. The van der Waals surface area contributed by atoms with Gasteiger partial charge < -0.3 is 11.5 Å². The molecule has 1 amide bonds. The summed E-state index contributed by atoms with van der Waals surface area (Å²) in [5, 5.41) is 1.13. The fourth-order valence-electron chi connectivity index (χ4n) is 2.16. The molecule has 0 aliphatic carbocycles. The normalized spacial score (nSPS) is 11.7. The van der Waals surface area contributed by atoms with Gasteiger partial charge in [0.15, 0.2) is 5.96 Å². The number of hydrogen-bond acceptors (Lipinski definition) is 1. The van der Waals surface area contributed by atoms with Gasteiger partial charge in [-0.2, -0.15) is 4.99 Å². The minimum atomic E-state index is -0.555. The second-order valence-corrected chi connectivity index (χ2v) is 5.62. The van der Waals surface area contributed by atoms with Gasteiger partial charge in [-0.15, -0.1) is 0 Å². The van der Waals surface area contributed by atoms with Crippen LogP contribution in [0, 0.1) is 0 Å². The lowest BCUT2D eigenvalue weighted by Gasteiger charge is -2.15. The number of nitrogens with two attached hydrogens (primary N) is 2. The molecule has 0 spiro atoms. The number of amides is 1. The number of hydrogen-bond donors (Lipinski definition) is 2. The zero-order valence-corrected chi connectivity index (χ0v) is 13.2. The maximum Gasteiger partial charge on any atom is 0.256 e. The van der Waals surface area contributed by atoms with E-state index in [2.05, 4.69) is 4.99 Å². The van der Waals surface area contributed by atoms with E-state index < -0.39 is 11.8 Å². The average molecular weight is 336 g/mol. The SMILES string of the molecule is NC(N)=NC(=O)[C@@H](Cc1ccccc1Cl)c1cccc(Cl)c1. The first kappa shape index (κ1) is 16.3. The van der Waals surface area contributed by atoms with Crippen LogP contribution in [0.2, 0.25) is 10.0 Å². The number of carbonyl (C=O) groups excluding carboxylic acids is 1. The van der Waals surface area contributed by atoms with Gasteiger partial charge in [0, 0.05) is 10.0 Å². The van der Waals surface area contributed by atoms with Crippen molar-refractivity contribution >= 4 is 35.1 Å². The molecule has 1 atom stereocenters. The number of aliphatic imine (C=N–C) groups is 1. The van der Waals surface area contributed by atoms with E-state index in [1.807, 2.05) is 24.3 Å². The van der Waals surface area contributed by atoms with E-state index in [-0.39, 0.29) is 5.96 Å². The van der Waals surface area contributed by atoms with Gasteiger partial charge in [-0.3, -0.25) is 4.79 Å². The van der Waals surface area contributed by atoms with Crippen LogP contribution in [0.15, 0.2) is 53.5 Å². The molecular formula is C16H15Cl2N3O. The van der Waals surface area contributed by atoms with Crippen molar-refractivity contribution in [1.29, 1.82) is 0 Å². The Morgan fingerprint density at radius 2 is 1.82 bits per heavy atom. The predicted molar refractivity (Wildman–Crippen MR) is 90.2 cm³/mol.